The molecule has 0 saturated carbocycles. The lowest BCUT2D eigenvalue weighted by Crippen LogP contribution is -2.15. The Morgan fingerprint density at radius 2 is 2.08 bits per heavy atom. The maximum absolute atomic E-state index is 7.27. The van der Waals surface area contributed by atoms with Gasteiger partial charge in [-0.05, 0) is 30.2 Å². The Labute approximate surface area is 77.2 Å². The molecule has 0 bridgehead atoms. The number of anilines is 1. The molecule has 0 saturated heterocycles. The van der Waals surface area contributed by atoms with E-state index in [0.717, 1.165) is 11.1 Å². The highest BCUT2D eigenvalue weighted by atomic mass is 14.7. The highest BCUT2D eigenvalue weighted by Crippen LogP contribution is 2.17. The molecule has 0 aliphatic rings. The van der Waals surface area contributed by atoms with Crippen LogP contribution in [-0.4, -0.2) is 5.84 Å². The van der Waals surface area contributed by atoms with Gasteiger partial charge in [-0.2, -0.15) is 0 Å². The van der Waals surface area contributed by atoms with Crippen molar-refractivity contribution in [3.8, 4) is 0 Å². The number of nitrogens with one attached hydrogen (secondary N) is 1. The van der Waals surface area contributed by atoms with Crippen molar-refractivity contribution in [1.82, 2.24) is 0 Å². The molecule has 0 aliphatic carbocycles. The molecule has 0 spiro atoms. The summed E-state index contributed by atoms with van der Waals surface area (Å²) < 4.78 is 0. The molecule has 1 aromatic carbocycles. The average molecular weight is 178 g/mol. The van der Waals surface area contributed by atoms with Gasteiger partial charge in [0.1, 0.15) is 5.84 Å². The van der Waals surface area contributed by atoms with Crippen molar-refractivity contribution < 1.29 is 0 Å². The minimum Gasteiger partial charge on any atom is -0.398 e. The van der Waals surface area contributed by atoms with Crippen LogP contribution in [-0.2, 0) is 6.54 Å². The Kier molecular flexibility index (Phi) is 2.53. The van der Waals surface area contributed by atoms with Crippen molar-refractivity contribution in [1.29, 1.82) is 5.41 Å². The van der Waals surface area contributed by atoms with E-state index in [4.69, 9.17) is 22.6 Å². The number of nitrogens with two attached hydrogens (primary N) is 3. The predicted octanol–water partition coefficient (Wildman–Crippen LogP) is 0.320. The minimum atomic E-state index is -0.0100. The maximum atomic E-state index is 7.27. The van der Waals surface area contributed by atoms with Crippen LogP contribution in [0.25, 0.3) is 0 Å². The topological polar surface area (TPSA) is 102 Å². The second-order valence-electron chi connectivity index (χ2n) is 2.98. The fourth-order valence-electron chi connectivity index (χ4n) is 1.22. The smallest absolute Gasteiger partial charge is 0.124 e. The highest BCUT2D eigenvalue weighted by Gasteiger charge is 2.05. The van der Waals surface area contributed by atoms with Crippen LogP contribution in [0.2, 0.25) is 0 Å². The fraction of sp³-hybridized carbons (Fsp3) is 0.222. The molecule has 0 atom stereocenters. The number of hydrogen-bond acceptors (Lipinski definition) is 3. The van der Waals surface area contributed by atoms with Crippen molar-refractivity contribution in [2.24, 2.45) is 11.5 Å². The standard InChI is InChI=1S/C9H14N4/c1-5-2-7(9(12)13)8(11)3-6(5)4-10/h2-3H,4,10-11H2,1H3,(H3,12,13). The number of hydrogen-bond donors (Lipinski definition) is 4. The molecule has 0 aliphatic heterocycles. The Morgan fingerprint density at radius 1 is 1.46 bits per heavy atom. The summed E-state index contributed by atoms with van der Waals surface area (Å²) in [6.45, 7) is 2.38. The summed E-state index contributed by atoms with van der Waals surface area (Å²) in [5.74, 6) is -0.0100. The van der Waals surface area contributed by atoms with Crippen LogP contribution in [0, 0.1) is 12.3 Å². The molecular formula is C9H14N4. The van der Waals surface area contributed by atoms with Crippen LogP contribution < -0.4 is 17.2 Å². The SMILES string of the molecule is Cc1cc(C(=N)N)c(N)cc1CN. The Hall–Kier alpha value is -1.55. The van der Waals surface area contributed by atoms with Gasteiger partial charge in [-0.3, -0.25) is 5.41 Å². The number of aryl methyl sites for hydroxylation is 1. The Bertz CT molecular complexity index is 344. The summed E-state index contributed by atoms with van der Waals surface area (Å²) in [6, 6.07) is 3.56. The normalized spacial score (nSPS) is 10.0. The van der Waals surface area contributed by atoms with Gasteiger partial charge in [0.25, 0.3) is 0 Å². The highest BCUT2D eigenvalue weighted by molar-refractivity contribution is 6.00. The van der Waals surface area contributed by atoms with Crippen LogP contribution in [0.4, 0.5) is 5.69 Å². The van der Waals surface area contributed by atoms with Gasteiger partial charge in [0.2, 0.25) is 0 Å². The van der Waals surface area contributed by atoms with E-state index in [0.29, 0.717) is 17.8 Å². The third-order valence-electron chi connectivity index (χ3n) is 2.02. The van der Waals surface area contributed by atoms with Crippen molar-refractivity contribution in [2.45, 2.75) is 13.5 Å². The van der Waals surface area contributed by atoms with Crippen molar-refractivity contribution >= 4 is 11.5 Å². The van der Waals surface area contributed by atoms with Gasteiger partial charge >= 0.3 is 0 Å². The third-order valence-corrected chi connectivity index (χ3v) is 2.02. The first-order valence-electron chi connectivity index (χ1n) is 3.99. The number of nitrogen functional groups attached to an aromatic ring is 2. The van der Waals surface area contributed by atoms with Crippen LogP contribution in [0.15, 0.2) is 12.1 Å². The summed E-state index contributed by atoms with van der Waals surface area (Å²) in [5, 5.41) is 7.27. The number of benzene rings is 1. The molecule has 1 rings (SSSR count). The fourth-order valence-corrected chi connectivity index (χ4v) is 1.22. The lowest BCUT2D eigenvalue weighted by molar-refractivity contribution is 1.05. The molecule has 4 nitrogen and oxygen atoms in total. The maximum Gasteiger partial charge on any atom is 0.124 e. The number of amidine groups is 1. The average Bonchev–Trinajstić information content (AvgIpc) is 2.07. The Balaban J connectivity index is 3.28. The van der Waals surface area contributed by atoms with Crippen molar-refractivity contribution in [3.05, 3.63) is 28.8 Å². The number of rotatable bonds is 2. The molecule has 0 fully saturated rings. The molecular weight excluding hydrogens is 164 g/mol. The molecule has 7 N–H and O–H groups in total. The van der Waals surface area contributed by atoms with E-state index in [-0.39, 0.29) is 5.84 Å². The molecule has 4 heteroatoms. The van der Waals surface area contributed by atoms with Crippen LogP contribution in [0.3, 0.4) is 0 Å². The van der Waals surface area contributed by atoms with E-state index >= 15 is 0 Å². The molecule has 70 valence electrons. The summed E-state index contributed by atoms with van der Waals surface area (Å²) in [4.78, 5) is 0. The van der Waals surface area contributed by atoms with E-state index in [1.165, 1.54) is 0 Å². The molecule has 0 radical (unpaired) electrons. The van der Waals surface area contributed by atoms with E-state index < -0.39 is 0 Å². The van der Waals surface area contributed by atoms with Gasteiger partial charge in [0, 0.05) is 17.8 Å². The summed E-state index contributed by atoms with van der Waals surface area (Å²) in [7, 11) is 0. The van der Waals surface area contributed by atoms with Gasteiger partial charge in [0.15, 0.2) is 0 Å². The third kappa shape index (κ3) is 1.78. The summed E-state index contributed by atoms with van der Waals surface area (Å²) >= 11 is 0. The first-order valence-corrected chi connectivity index (χ1v) is 3.99. The van der Waals surface area contributed by atoms with Crippen LogP contribution >= 0.6 is 0 Å². The van der Waals surface area contributed by atoms with Crippen molar-refractivity contribution in [3.63, 3.8) is 0 Å². The van der Waals surface area contributed by atoms with Gasteiger partial charge in [-0.15, -0.1) is 0 Å². The predicted molar refractivity (Wildman–Crippen MR) is 54.5 cm³/mol. The first kappa shape index (κ1) is 9.54. The zero-order valence-electron chi connectivity index (χ0n) is 7.59. The Morgan fingerprint density at radius 3 is 2.54 bits per heavy atom. The quantitative estimate of drug-likeness (QED) is 0.298. The zero-order chi connectivity index (χ0) is 10.0. The first-order chi connectivity index (χ1) is 6.06. The van der Waals surface area contributed by atoms with E-state index in [1.807, 2.05) is 6.92 Å². The second kappa shape index (κ2) is 3.45. The molecule has 13 heavy (non-hydrogen) atoms. The van der Waals surface area contributed by atoms with E-state index in [2.05, 4.69) is 0 Å². The molecule has 0 unspecified atom stereocenters. The monoisotopic (exact) mass is 178 g/mol. The van der Waals surface area contributed by atoms with Gasteiger partial charge in [-0.1, -0.05) is 0 Å². The lowest BCUT2D eigenvalue weighted by atomic mass is 10.0. The van der Waals surface area contributed by atoms with E-state index in [9.17, 15) is 0 Å². The van der Waals surface area contributed by atoms with Gasteiger partial charge in [-0.25, -0.2) is 0 Å². The largest absolute Gasteiger partial charge is 0.398 e. The molecule has 1 aromatic rings. The minimum absolute atomic E-state index is 0.0100. The van der Waals surface area contributed by atoms with Crippen molar-refractivity contribution in [2.75, 3.05) is 5.73 Å². The zero-order valence-corrected chi connectivity index (χ0v) is 7.59. The summed E-state index contributed by atoms with van der Waals surface area (Å²) in [5.41, 5.74) is 19.6. The van der Waals surface area contributed by atoms with Gasteiger partial charge in [0.05, 0.1) is 0 Å². The molecule has 0 amide bonds. The molecule has 0 heterocycles. The molecule has 0 aromatic heterocycles. The van der Waals surface area contributed by atoms with Crippen LogP contribution in [0.1, 0.15) is 16.7 Å². The second-order valence-corrected chi connectivity index (χ2v) is 2.98. The summed E-state index contributed by atoms with van der Waals surface area (Å²) in [6.07, 6.45) is 0. The van der Waals surface area contributed by atoms with E-state index in [1.54, 1.807) is 12.1 Å². The lowest BCUT2D eigenvalue weighted by Gasteiger charge is -2.09. The van der Waals surface area contributed by atoms with Gasteiger partial charge < -0.3 is 17.2 Å². The van der Waals surface area contributed by atoms with Crippen LogP contribution in [0.5, 0.6) is 0 Å².